The first-order valence-corrected chi connectivity index (χ1v) is 7.19. The van der Waals surface area contributed by atoms with E-state index in [0.717, 1.165) is 16.9 Å². The number of amides is 2. The van der Waals surface area contributed by atoms with E-state index in [4.69, 9.17) is 11.6 Å². The van der Waals surface area contributed by atoms with Crippen molar-refractivity contribution < 1.29 is 4.79 Å². The van der Waals surface area contributed by atoms with Crippen LogP contribution in [0.3, 0.4) is 0 Å². The molecule has 0 atom stereocenters. The summed E-state index contributed by atoms with van der Waals surface area (Å²) in [5.74, 6) is 0. The molecule has 0 fully saturated rings. The average molecular weight is 316 g/mol. The zero-order chi connectivity index (χ0) is 15.9. The maximum Gasteiger partial charge on any atom is 0.323 e. The van der Waals surface area contributed by atoms with Crippen molar-refractivity contribution in [3.63, 3.8) is 0 Å². The van der Waals surface area contributed by atoms with Gasteiger partial charge in [-0.2, -0.15) is 0 Å². The lowest BCUT2D eigenvalue weighted by Crippen LogP contribution is -2.23. The Bertz CT molecular complexity index is 666. The van der Waals surface area contributed by atoms with E-state index in [9.17, 15) is 4.79 Å². The second-order valence-corrected chi connectivity index (χ2v) is 5.36. The lowest BCUT2D eigenvalue weighted by molar-refractivity contribution is 0.255. The molecule has 0 aliphatic carbocycles. The maximum absolute atomic E-state index is 11.8. The van der Waals surface area contributed by atoms with Gasteiger partial charge in [-0.05, 0) is 42.0 Å². The summed E-state index contributed by atoms with van der Waals surface area (Å²) in [5.41, 5.74) is 2.72. The van der Waals surface area contributed by atoms with E-state index in [0.29, 0.717) is 5.02 Å². The van der Waals surface area contributed by atoms with Crippen LogP contribution in [0.5, 0.6) is 0 Å². The summed E-state index contributed by atoms with van der Waals surface area (Å²) in [6, 6.07) is 14.7. The fourth-order valence-corrected chi connectivity index (χ4v) is 1.94. The predicted octanol–water partition coefficient (Wildman–Crippen LogP) is 4.20. The molecule has 0 spiro atoms. The minimum Gasteiger partial charge on any atom is -0.378 e. The van der Waals surface area contributed by atoms with Crippen molar-refractivity contribution in [1.29, 1.82) is 0 Å². The third-order valence-corrected chi connectivity index (χ3v) is 3.23. The second kappa shape index (κ2) is 7.52. The van der Waals surface area contributed by atoms with Crippen LogP contribution in [0.4, 0.5) is 16.2 Å². The van der Waals surface area contributed by atoms with Crippen LogP contribution in [0.25, 0.3) is 6.08 Å². The molecule has 0 unspecified atom stereocenters. The summed E-state index contributed by atoms with van der Waals surface area (Å²) in [6.07, 6.45) is 3.39. The van der Waals surface area contributed by atoms with Crippen LogP contribution >= 0.6 is 11.6 Å². The molecule has 2 aromatic rings. The van der Waals surface area contributed by atoms with Crippen molar-refractivity contribution in [2.24, 2.45) is 0 Å². The van der Waals surface area contributed by atoms with Gasteiger partial charge in [0, 0.05) is 36.7 Å². The Balaban J connectivity index is 1.90. The molecule has 114 valence electrons. The molecular weight excluding hydrogens is 298 g/mol. The molecule has 2 amide bonds. The first-order valence-electron chi connectivity index (χ1n) is 6.81. The average Bonchev–Trinajstić information content (AvgIpc) is 2.49. The molecule has 2 aromatic carbocycles. The highest BCUT2D eigenvalue weighted by Crippen LogP contribution is 2.17. The van der Waals surface area contributed by atoms with Gasteiger partial charge in [0.25, 0.3) is 0 Å². The first-order chi connectivity index (χ1) is 10.5. The highest BCUT2D eigenvalue weighted by Gasteiger charge is 2.01. The molecule has 0 heterocycles. The quantitative estimate of drug-likeness (QED) is 0.888. The predicted molar refractivity (Wildman–Crippen MR) is 93.4 cm³/mol. The molecule has 0 aliphatic rings. The number of halogens is 1. The van der Waals surface area contributed by atoms with Crippen LogP contribution in [-0.2, 0) is 0 Å². The SMILES string of the molecule is CN(C)c1cccc(NC(=O)N/C=C/c2ccc(Cl)cc2)c1. The molecule has 0 aliphatic heterocycles. The third kappa shape index (κ3) is 4.82. The zero-order valence-corrected chi connectivity index (χ0v) is 13.3. The highest BCUT2D eigenvalue weighted by atomic mass is 35.5. The van der Waals surface area contributed by atoms with Gasteiger partial charge in [-0.1, -0.05) is 29.8 Å². The number of hydrogen-bond acceptors (Lipinski definition) is 2. The van der Waals surface area contributed by atoms with Crippen LogP contribution in [-0.4, -0.2) is 20.1 Å². The minimum atomic E-state index is -0.291. The Morgan fingerprint density at radius 2 is 1.86 bits per heavy atom. The number of benzene rings is 2. The van der Waals surface area contributed by atoms with Crippen molar-refractivity contribution in [2.45, 2.75) is 0 Å². The molecule has 0 saturated carbocycles. The van der Waals surface area contributed by atoms with Crippen LogP contribution in [0.15, 0.2) is 54.7 Å². The normalized spacial score (nSPS) is 10.5. The van der Waals surface area contributed by atoms with Crippen molar-refractivity contribution in [2.75, 3.05) is 24.3 Å². The number of carbonyl (C=O) groups excluding carboxylic acids is 1. The largest absolute Gasteiger partial charge is 0.378 e. The van der Waals surface area contributed by atoms with E-state index in [-0.39, 0.29) is 6.03 Å². The number of nitrogens with zero attached hydrogens (tertiary/aromatic N) is 1. The Morgan fingerprint density at radius 1 is 1.14 bits per heavy atom. The van der Waals surface area contributed by atoms with E-state index in [2.05, 4.69) is 10.6 Å². The van der Waals surface area contributed by atoms with E-state index >= 15 is 0 Å². The van der Waals surface area contributed by atoms with E-state index in [1.54, 1.807) is 24.4 Å². The summed E-state index contributed by atoms with van der Waals surface area (Å²) in [4.78, 5) is 13.8. The van der Waals surface area contributed by atoms with Gasteiger partial charge in [-0.15, -0.1) is 0 Å². The van der Waals surface area contributed by atoms with Gasteiger partial charge in [0.05, 0.1) is 0 Å². The lowest BCUT2D eigenvalue weighted by Gasteiger charge is -2.13. The van der Waals surface area contributed by atoms with Crippen molar-refractivity contribution in [3.05, 3.63) is 65.3 Å². The summed E-state index contributed by atoms with van der Waals surface area (Å²) in [7, 11) is 3.90. The molecule has 2 N–H and O–H groups in total. The van der Waals surface area contributed by atoms with Crippen LogP contribution in [0.2, 0.25) is 5.02 Å². The van der Waals surface area contributed by atoms with E-state index in [1.165, 1.54) is 0 Å². The Kier molecular flexibility index (Phi) is 5.44. The maximum atomic E-state index is 11.8. The topological polar surface area (TPSA) is 44.4 Å². The van der Waals surface area contributed by atoms with E-state index in [1.807, 2.05) is 55.4 Å². The molecule has 22 heavy (non-hydrogen) atoms. The molecule has 0 radical (unpaired) electrons. The number of carbonyl (C=O) groups is 1. The number of rotatable bonds is 4. The second-order valence-electron chi connectivity index (χ2n) is 4.93. The lowest BCUT2D eigenvalue weighted by atomic mass is 10.2. The standard InChI is InChI=1S/C17H18ClN3O/c1-21(2)16-5-3-4-15(12-16)20-17(22)19-11-10-13-6-8-14(18)9-7-13/h3-12H,1-2H3,(H2,19,20,22)/b11-10+. The smallest absolute Gasteiger partial charge is 0.323 e. The van der Waals surface area contributed by atoms with Crippen LogP contribution in [0, 0.1) is 0 Å². The van der Waals surface area contributed by atoms with Crippen molar-refractivity contribution >= 4 is 35.1 Å². The molecular formula is C17H18ClN3O. The summed E-state index contributed by atoms with van der Waals surface area (Å²) < 4.78 is 0. The first kappa shape index (κ1) is 15.9. The van der Waals surface area contributed by atoms with Gasteiger partial charge in [-0.3, -0.25) is 0 Å². The van der Waals surface area contributed by atoms with Gasteiger partial charge in [0.15, 0.2) is 0 Å². The molecule has 4 nitrogen and oxygen atoms in total. The fraction of sp³-hybridized carbons (Fsp3) is 0.118. The number of anilines is 2. The number of urea groups is 1. The van der Waals surface area contributed by atoms with Gasteiger partial charge in [0.2, 0.25) is 0 Å². The van der Waals surface area contributed by atoms with Crippen LogP contribution < -0.4 is 15.5 Å². The van der Waals surface area contributed by atoms with E-state index < -0.39 is 0 Å². The number of hydrogen-bond donors (Lipinski definition) is 2. The zero-order valence-electron chi connectivity index (χ0n) is 12.5. The summed E-state index contributed by atoms with van der Waals surface area (Å²) in [5, 5.41) is 6.13. The third-order valence-electron chi connectivity index (χ3n) is 2.98. The summed E-state index contributed by atoms with van der Waals surface area (Å²) in [6.45, 7) is 0. The molecule has 0 aromatic heterocycles. The van der Waals surface area contributed by atoms with Crippen molar-refractivity contribution in [3.8, 4) is 0 Å². The Labute approximate surface area is 135 Å². The van der Waals surface area contributed by atoms with Gasteiger partial charge >= 0.3 is 6.03 Å². The van der Waals surface area contributed by atoms with Gasteiger partial charge in [0.1, 0.15) is 0 Å². The monoisotopic (exact) mass is 315 g/mol. The Hall–Kier alpha value is -2.46. The Morgan fingerprint density at radius 3 is 2.55 bits per heavy atom. The van der Waals surface area contributed by atoms with Gasteiger partial charge < -0.3 is 15.5 Å². The molecule has 0 bridgehead atoms. The highest BCUT2D eigenvalue weighted by molar-refractivity contribution is 6.30. The van der Waals surface area contributed by atoms with Gasteiger partial charge in [-0.25, -0.2) is 4.79 Å². The summed E-state index contributed by atoms with van der Waals surface area (Å²) >= 11 is 5.81. The van der Waals surface area contributed by atoms with Crippen LogP contribution in [0.1, 0.15) is 5.56 Å². The molecule has 5 heteroatoms. The minimum absolute atomic E-state index is 0.291. The molecule has 0 saturated heterocycles. The molecule has 2 rings (SSSR count). The fourth-order valence-electron chi connectivity index (χ4n) is 1.82. The number of nitrogens with one attached hydrogen (secondary N) is 2. The van der Waals surface area contributed by atoms with Crippen molar-refractivity contribution in [1.82, 2.24) is 5.32 Å².